The lowest BCUT2D eigenvalue weighted by Crippen LogP contribution is -2.13. The van der Waals surface area contributed by atoms with Crippen LogP contribution in [-0.4, -0.2) is 25.9 Å². The minimum Gasteiger partial charge on any atom is -0.493 e. The number of halogens is 1. The van der Waals surface area contributed by atoms with Crippen molar-refractivity contribution in [2.24, 2.45) is 5.73 Å². The van der Waals surface area contributed by atoms with E-state index in [1.54, 1.807) is 12.1 Å². The second-order valence-electron chi connectivity index (χ2n) is 2.95. The molecule has 5 heteroatoms. The van der Waals surface area contributed by atoms with Crippen molar-refractivity contribution < 1.29 is 14.6 Å². The van der Waals surface area contributed by atoms with E-state index < -0.39 is 6.10 Å². The van der Waals surface area contributed by atoms with Gasteiger partial charge in [-0.25, -0.2) is 0 Å². The van der Waals surface area contributed by atoms with Gasteiger partial charge in [-0.05, 0) is 12.1 Å². The van der Waals surface area contributed by atoms with Crippen LogP contribution in [0.5, 0.6) is 11.5 Å². The largest absolute Gasteiger partial charge is 0.493 e. The highest BCUT2D eigenvalue weighted by molar-refractivity contribution is 6.31. The number of hydrogen-bond acceptors (Lipinski definition) is 4. The SMILES string of the molecule is COc1ccc(Cl)c(C(O)CN)c1OC. The van der Waals surface area contributed by atoms with Crippen LogP contribution in [0, 0.1) is 0 Å². The van der Waals surface area contributed by atoms with E-state index in [4.69, 9.17) is 26.8 Å². The van der Waals surface area contributed by atoms with Crippen molar-refractivity contribution in [3.63, 3.8) is 0 Å². The molecular formula is C10H14ClNO3. The molecular weight excluding hydrogens is 218 g/mol. The molecule has 1 aromatic carbocycles. The summed E-state index contributed by atoms with van der Waals surface area (Å²) in [7, 11) is 3.01. The molecule has 0 aliphatic carbocycles. The molecule has 84 valence electrons. The predicted molar refractivity (Wildman–Crippen MR) is 58.6 cm³/mol. The van der Waals surface area contributed by atoms with E-state index in [1.807, 2.05) is 0 Å². The van der Waals surface area contributed by atoms with Crippen LogP contribution in [0.15, 0.2) is 12.1 Å². The van der Waals surface area contributed by atoms with Gasteiger partial charge in [0, 0.05) is 12.1 Å². The molecule has 0 aliphatic heterocycles. The number of hydrogen-bond donors (Lipinski definition) is 2. The van der Waals surface area contributed by atoms with E-state index in [-0.39, 0.29) is 6.54 Å². The Morgan fingerprint density at radius 3 is 2.53 bits per heavy atom. The normalized spacial score (nSPS) is 12.3. The van der Waals surface area contributed by atoms with Gasteiger partial charge >= 0.3 is 0 Å². The maximum atomic E-state index is 9.70. The molecule has 0 heterocycles. The van der Waals surface area contributed by atoms with Crippen LogP contribution in [-0.2, 0) is 0 Å². The van der Waals surface area contributed by atoms with Crippen LogP contribution in [0.4, 0.5) is 0 Å². The van der Waals surface area contributed by atoms with E-state index in [9.17, 15) is 5.11 Å². The first-order valence-corrected chi connectivity index (χ1v) is 4.82. The highest BCUT2D eigenvalue weighted by Gasteiger charge is 2.19. The molecule has 0 saturated carbocycles. The first-order valence-electron chi connectivity index (χ1n) is 4.44. The van der Waals surface area contributed by atoms with Crippen LogP contribution in [0.1, 0.15) is 11.7 Å². The molecule has 0 aromatic heterocycles. The molecule has 4 nitrogen and oxygen atoms in total. The molecule has 1 atom stereocenters. The highest BCUT2D eigenvalue weighted by Crippen LogP contribution is 2.39. The van der Waals surface area contributed by atoms with Crippen molar-refractivity contribution in [2.75, 3.05) is 20.8 Å². The average molecular weight is 232 g/mol. The summed E-state index contributed by atoms with van der Waals surface area (Å²) in [6.45, 7) is 0.0727. The summed E-state index contributed by atoms with van der Waals surface area (Å²) in [5, 5.41) is 10.1. The zero-order valence-electron chi connectivity index (χ0n) is 8.66. The lowest BCUT2D eigenvalue weighted by atomic mass is 10.1. The fraction of sp³-hybridized carbons (Fsp3) is 0.400. The van der Waals surface area contributed by atoms with Gasteiger partial charge in [0.15, 0.2) is 11.5 Å². The highest BCUT2D eigenvalue weighted by atomic mass is 35.5. The Morgan fingerprint density at radius 2 is 2.07 bits per heavy atom. The number of rotatable bonds is 4. The summed E-state index contributed by atoms with van der Waals surface area (Å²) in [4.78, 5) is 0. The van der Waals surface area contributed by atoms with Crippen LogP contribution >= 0.6 is 11.6 Å². The molecule has 0 radical (unpaired) electrons. The fourth-order valence-electron chi connectivity index (χ4n) is 1.36. The second kappa shape index (κ2) is 5.21. The number of nitrogens with two attached hydrogens (primary N) is 1. The summed E-state index contributed by atoms with van der Waals surface area (Å²) < 4.78 is 10.2. The van der Waals surface area contributed by atoms with E-state index >= 15 is 0 Å². The number of aliphatic hydroxyl groups is 1. The van der Waals surface area contributed by atoms with Gasteiger partial charge in [-0.2, -0.15) is 0 Å². The van der Waals surface area contributed by atoms with E-state index in [1.165, 1.54) is 14.2 Å². The second-order valence-corrected chi connectivity index (χ2v) is 3.36. The van der Waals surface area contributed by atoms with Crippen molar-refractivity contribution >= 4 is 11.6 Å². The van der Waals surface area contributed by atoms with E-state index in [0.717, 1.165) is 0 Å². The molecule has 0 bridgehead atoms. The third-order valence-electron chi connectivity index (χ3n) is 2.09. The Labute approximate surface area is 93.6 Å². The minimum absolute atomic E-state index is 0.0727. The number of aliphatic hydroxyl groups excluding tert-OH is 1. The smallest absolute Gasteiger partial charge is 0.168 e. The first-order chi connectivity index (χ1) is 7.15. The number of benzene rings is 1. The van der Waals surface area contributed by atoms with Gasteiger partial charge in [-0.3, -0.25) is 0 Å². The van der Waals surface area contributed by atoms with Gasteiger partial charge < -0.3 is 20.3 Å². The lowest BCUT2D eigenvalue weighted by Gasteiger charge is -2.17. The summed E-state index contributed by atoms with van der Waals surface area (Å²) >= 11 is 5.96. The quantitative estimate of drug-likeness (QED) is 0.821. The Morgan fingerprint density at radius 1 is 1.40 bits per heavy atom. The summed E-state index contributed by atoms with van der Waals surface area (Å²) in [5.41, 5.74) is 5.84. The number of ether oxygens (including phenoxy) is 2. The zero-order valence-corrected chi connectivity index (χ0v) is 9.41. The Balaban J connectivity index is 3.31. The Kier molecular flexibility index (Phi) is 4.20. The predicted octanol–water partition coefficient (Wildman–Crippen LogP) is 1.35. The molecule has 0 saturated heterocycles. The standard InChI is InChI=1S/C10H14ClNO3/c1-14-8-4-3-6(11)9(7(13)5-12)10(8)15-2/h3-4,7,13H,5,12H2,1-2H3. The topological polar surface area (TPSA) is 64.7 Å². The average Bonchev–Trinajstić information content (AvgIpc) is 2.27. The maximum absolute atomic E-state index is 9.70. The van der Waals surface area contributed by atoms with Gasteiger partial charge in [-0.15, -0.1) is 0 Å². The molecule has 1 rings (SSSR count). The van der Waals surface area contributed by atoms with Crippen molar-refractivity contribution in [1.29, 1.82) is 0 Å². The Hall–Kier alpha value is -0.970. The van der Waals surface area contributed by atoms with Crippen LogP contribution in [0.2, 0.25) is 5.02 Å². The van der Waals surface area contributed by atoms with E-state index in [0.29, 0.717) is 22.1 Å². The van der Waals surface area contributed by atoms with Crippen LogP contribution in [0.25, 0.3) is 0 Å². The van der Waals surface area contributed by atoms with Gasteiger partial charge in [0.1, 0.15) is 0 Å². The van der Waals surface area contributed by atoms with Crippen molar-refractivity contribution in [2.45, 2.75) is 6.10 Å². The molecule has 1 unspecified atom stereocenters. The Bertz CT molecular complexity index is 344. The van der Waals surface area contributed by atoms with Crippen LogP contribution < -0.4 is 15.2 Å². The van der Waals surface area contributed by atoms with Gasteiger partial charge in [-0.1, -0.05) is 11.6 Å². The van der Waals surface area contributed by atoms with E-state index in [2.05, 4.69) is 0 Å². The maximum Gasteiger partial charge on any atom is 0.168 e. The molecule has 0 spiro atoms. The molecule has 1 aromatic rings. The zero-order chi connectivity index (χ0) is 11.4. The van der Waals surface area contributed by atoms with Gasteiger partial charge in [0.05, 0.1) is 25.3 Å². The number of methoxy groups -OCH3 is 2. The van der Waals surface area contributed by atoms with Crippen molar-refractivity contribution in [1.82, 2.24) is 0 Å². The third-order valence-corrected chi connectivity index (χ3v) is 2.42. The van der Waals surface area contributed by atoms with Gasteiger partial charge in [0.25, 0.3) is 0 Å². The summed E-state index contributed by atoms with van der Waals surface area (Å²) in [5.74, 6) is 0.937. The lowest BCUT2D eigenvalue weighted by molar-refractivity contribution is 0.181. The minimum atomic E-state index is -0.859. The van der Waals surface area contributed by atoms with Crippen LogP contribution in [0.3, 0.4) is 0 Å². The molecule has 0 fully saturated rings. The van der Waals surface area contributed by atoms with Gasteiger partial charge in [0.2, 0.25) is 0 Å². The third kappa shape index (κ3) is 2.34. The fourth-order valence-corrected chi connectivity index (χ4v) is 1.63. The summed E-state index contributed by atoms with van der Waals surface area (Å²) in [6.07, 6.45) is -0.859. The molecule has 15 heavy (non-hydrogen) atoms. The van der Waals surface area contributed by atoms with Crippen molar-refractivity contribution in [3.8, 4) is 11.5 Å². The molecule has 0 amide bonds. The monoisotopic (exact) mass is 231 g/mol. The first kappa shape index (κ1) is 12.1. The summed E-state index contributed by atoms with van der Waals surface area (Å²) in [6, 6.07) is 3.31. The molecule has 3 N–H and O–H groups in total. The molecule has 0 aliphatic rings. The van der Waals surface area contributed by atoms with Crippen molar-refractivity contribution in [3.05, 3.63) is 22.7 Å².